The van der Waals surface area contributed by atoms with E-state index in [0.29, 0.717) is 6.54 Å². The van der Waals surface area contributed by atoms with E-state index in [-0.39, 0.29) is 0 Å². The van der Waals surface area contributed by atoms with Gasteiger partial charge in [-0.25, -0.2) is 0 Å². The average Bonchev–Trinajstić information content (AvgIpc) is 3.11. The number of benzene rings is 2. The maximum Gasteiger partial charge on any atom is 0.168 e. The van der Waals surface area contributed by atoms with Crippen molar-refractivity contribution in [3.05, 3.63) is 78.0 Å². The minimum atomic E-state index is 0.535. The van der Waals surface area contributed by atoms with E-state index in [9.17, 15) is 0 Å². The highest BCUT2D eigenvalue weighted by atomic mass is 32.2. The molecule has 2 aromatic heterocycles. The van der Waals surface area contributed by atoms with Crippen LogP contribution in [0.4, 0.5) is 0 Å². The van der Waals surface area contributed by atoms with Crippen LogP contribution in [0.2, 0.25) is 0 Å². The van der Waals surface area contributed by atoms with Gasteiger partial charge in [-0.1, -0.05) is 61.2 Å². The van der Waals surface area contributed by atoms with Gasteiger partial charge in [0.05, 0.1) is 0 Å². The number of pyridine rings is 1. The van der Waals surface area contributed by atoms with Gasteiger partial charge in [-0.3, -0.25) is 4.40 Å². The van der Waals surface area contributed by atoms with Crippen LogP contribution in [0, 0.1) is 0 Å². The molecule has 130 valence electrons. The topological polar surface area (TPSA) is 56.2 Å². The van der Waals surface area contributed by atoms with Crippen molar-refractivity contribution >= 4 is 17.4 Å². The van der Waals surface area contributed by atoms with Crippen LogP contribution >= 0.6 is 11.8 Å². The van der Waals surface area contributed by atoms with Gasteiger partial charge >= 0.3 is 0 Å². The van der Waals surface area contributed by atoms with Crippen LogP contribution in [0.25, 0.3) is 17.0 Å². The van der Waals surface area contributed by atoms with Crippen molar-refractivity contribution in [2.75, 3.05) is 0 Å². The van der Waals surface area contributed by atoms with Gasteiger partial charge in [0.1, 0.15) is 0 Å². The lowest BCUT2D eigenvalue weighted by atomic mass is 10.1. The third-order valence-electron chi connectivity index (χ3n) is 4.43. The predicted molar refractivity (Wildman–Crippen MR) is 106 cm³/mol. The SMILES string of the molecule is CCc1ccccc1-c1nnc2ccc(Sc3ccccc3CN)cn12. The highest BCUT2D eigenvalue weighted by Gasteiger charge is 2.12. The van der Waals surface area contributed by atoms with Gasteiger partial charge in [0.25, 0.3) is 0 Å². The Labute approximate surface area is 157 Å². The van der Waals surface area contributed by atoms with Crippen molar-refractivity contribution in [2.45, 2.75) is 29.7 Å². The molecule has 4 rings (SSSR count). The molecule has 0 saturated heterocycles. The fraction of sp³-hybridized carbons (Fsp3) is 0.143. The summed E-state index contributed by atoms with van der Waals surface area (Å²) in [5, 5.41) is 8.78. The summed E-state index contributed by atoms with van der Waals surface area (Å²) in [7, 11) is 0. The summed E-state index contributed by atoms with van der Waals surface area (Å²) in [6.45, 7) is 2.69. The van der Waals surface area contributed by atoms with Gasteiger partial charge in [0.2, 0.25) is 0 Å². The van der Waals surface area contributed by atoms with E-state index in [2.05, 4.69) is 64.1 Å². The first-order chi connectivity index (χ1) is 12.8. The molecule has 0 aliphatic heterocycles. The molecule has 4 aromatic rings. The molecule has 0 amide bonds. The third-order valence-corrected chi connectivity index (χ3v) is 5.53. The van der Waals surface area contributed by atoms with E-state index < -0.39 is 0 Å². The summed E-state index contributed by atoms with van der Waals surface area (Å²) in [5.74, 6) is 0.881. The lowest BCUT2D eigenvalue weighted by Gasteiger charge is -2.09. The Bertz CT molecular complexity index is 1050. The maximum atomic E-state index is 5.87. The zero-order valence-electron chi connectivity index (χ0n) is 14.6. The van der Waals surface area contributed by atoms with Crippen molar-refractivity contribution in [2.24, 2.45) is 5.73 Å². The molecule has 0 fully saturated rings. The van der Waals surface area contributed by atoms with E-state index in [1.54, 1.807) is 11.8 Å². The van der Waals surface area contributed by atoms with Crippen LogP contribution in [0.1, 0.15) is 18.1 Å². The van der Waals surface area contributed by atoms with Crippen LogP contribution in [-0.4, -0.2) is 14.6 Å². The highest BCUT2D eigenvalue weighted by Crippen LogP contribution is 2.31. The summed E-state index contributed by atoms with van der Waals surface area (Å²) < 4.78 is 2.07. The van der Waals surface area contributed by atoms with Crippen molar-refractivity contribution < 1.29 is 0 Å². The molecule has 26 heavy (non-hydrogen) atoms. The number of aromatic nitrogens is 3. The molecule has 0 aliphatic carbocycles. The molecule has 0 atom stereocenters. The molecule has 0 radical (unpaired) electrons. The third kappa shape index (κ3) is 3.11. The minimum Gasteiger partial charge on any atom is -0.326 e. The first-order valence-electron chi connectivity index (χ1n) is 8.69. The molecule has 0 saturated carbocycles. The maximum absolute atomic E-state index is 5.87. The Kier molecular flexibility index (Phi) is 4.73. The Morgan fingerprint density at radius 2 is 1.69 bits per heavy atom. The fourth-order valence-electron chi connectivity index (χ4n) is 3.06. The Hall–Kier alpha value is -2.63. The second-order valence-corrected chi connectivity index (χ2v) is 7.16. The van der Waals surface area contributed by atoms with Crippen LogP contribution < -0.4 is 5.73 Å². The first kappa shape index (κ1) is 16.8. The normalized spacial score (nSPS) is 11.2. The van der Waals surface area contributed by atoms with E-state index in [4.69, 9.17) is 5.73 Å². The first-order valence-corrected chi connectivity index (χ1v) is 9.50. The van der Waals surface area contributed by atoms with E-state index in [0.717, 1.165) is 33.9 Å². The van der Waals surface area contributed by atoms with Crippen LogP contribution in [0.15, 0.2) is 76.7 Å². The lowest BCUT2D eigenvalue weighted by molar-refractivity contribution is 1.03. The van der Waals surface area contributed by atoms with Crippen molar-refractivity contribution in [1.29, 1.82) is 0 Å². The van der Waals surface area contributed by atoms with Gasteiger partial charge in [0, 0.05) is 28.1 Å². The second kappa shape index (κ2) is 7.32. The Morgan fingerprint density at radius 1 is 0.923 bits per heavy atom. The van der Waals surface area contributed by atoms with Crippen molar-refractivity contribution in [1.82, 2.24) is 14.6 Å². The molecule has 5 heteroatoms. The van der Waals surface area contributed by atoms with Crippen LogP contribution in [-0.2, 0) is 13.0 Å². The van der Waals surface area contributed by atoms with Crippen LogP contribution in [0.5, 0.6) is 0 Å². The van der Waals surface area contributed by atoms with Gasteiger partial charge in [-0.05, 0) is 35.7 Å². The Morgan fingerprint density at radius 3 is 2.50 bits per heavy atom. The highest BCUT2D eigenvalue weighted by molar-refractivity contribution is 7.99. The number of nitrogens with two attached hydrogens (primary N) is 1. The van der Waals surface area contributed by atoms with Crippen molar-refractivity contribution in [3.63, 3.8) is 0 Å². The van der Waals surface area contributed by atoms with Gasteiger partial charge < -0.3 is 5.73 Å². The zero-order valence-corrected chi connectivity index (χ0v) is 15.4. The molecule has 4 nitrogen and oxygen atoms in total. The number of hydrogen-bond donors (Lipinski definition) is 1. The lowest BCUT2D eigenvalue weighted by Crippen LogP contribution is -1.98. The molecule has 0 spiro atoms. The summed E-state index contributed by atoms with van der Waals surface area (Å²) in [5.41, 5.74) is 10.3. The minimum absolute atomic E-state index is 0.535. The van der Waals surface area contributed by atoms with E-state index in [1.807, 2.05) is 24.3 Å². The number of nitrogens with zero attached hydrogens (tertiary/aromatic N) is 3. The number of fused-ring (bicyclic) bond motifs is 1. The standard InChI is InChI=1S/C21H20N4S/c1-2-15-7-3-5-9-18(15)21-24-23-20-12-11-17(14-25(20)21)26-19-10-6-4-8-16(19)13-22/h3-12,14H,2,13,22H2,1H3. The van der Waals surface area contributed by atoms with Crippen molar-refractivity contribution in [3.8, 4) is 11.4 Å². The van der Waals surface area contributed by atoms with Gasteiger partial charge in [-0.15, -0.1) is 10.2 Å². The number of rotatable bonds is 5. The Balaban J connectivity index is 1.78. The molecule has 0 bridgehead atoms. The molecular weight excluding hydrogens is 340 g/mol. The van der Waals surface area contributed by atoms with Crippen LogP contribution in [0.3, 0.4) is 0 Å². The zero-order chi connectivity index (χ0) is 17.9. The summed E-state index contributed by atoms with van der Waals surface area (Å²) >= 11 is 1.71. The molecule has 0 aliphatic rings. The van der Waals surface area contributed by atoms with Gasteiger partial charge in [0.15, 0.2) is 11.5 Å². The molecule has 2 heterocycles. The fourth-order valence-corrected chi connectivity index (χ4v) is 4.04. The largest absolute Gasteiger partial charge is 0.326 e. The summed E-state index contributed by atoms with van der Waals surface area (Å²) in [6, 6.07) is 20.7. The number of hydrogen-bond acceptors (Lipinski definition) is 4. The summed E-state index contributed by atoms with van der Waals surface area (Å²) in [6.07, 6.45) is 3.07. The average molecular weight is 360 g/mol. The molecule has 2 aromatic carbocycles. The quantitative estimate of drug-likeness (QED) is 0.566. The smallest absolute Gasteiger partial charge is 0.168 e. The van der Waals surface area contributed by atoms with E-state index in [1.165, 1.54) is 10.5 Å². The summed E-state index contributed by atoms with van der Waals surface area (Å²) in [4.78, 5) is 2.31. The van der Waals surface area contributed by atoms with Gasteiger partial charge in [-0.2, -0.15) is 0 Å². The second-order valence-electron chi connectivity index (χ2n) is 6.04. The number of aryl methyl sites for hydroxylation is 1. The van der Waals surface area contributed by atoms with E-state index >= 15 is 0 Å². The molecule has 0 unspecified atom stereocenters. The molecule has 2 N–H and O–H groups in total. The molecular formula is C21H20N4S. The predicted octanol–water partition coefficient (Wildman–Crippen LogP) is 4.57. The monoisotopic (exact) mass is 360 g/mol.